The zero-order chi connectivity index (χ0) is 9.68. The molecule has 68 valence electrons. The minimum Gasteiger partial charge on any atom is -0.313 e. The first kappa shape index (κ1) is 10.0. The van der Waals surface area contributed by atoms with Crippen LogP contribution in [0.5, 0.6) is 0 Å². The van der Waals surface area contributed by atoms with Gasteiger partial charge in [0.2, 0.25) is 0 Å². The number of halogens is 1. The van der Waals surface area contributed by atoms with E-state index in [1.807, 2.05) is 13.0 Å². The number of nitrogens with zero attached hydrogens (tertiary/aromatic N) is 1. The molecule has 0 fully saturated rings. The first-order valence-electron chi connectivity index (χ1n) is 4.17. The molecule has 3 heteroatoms. The van der Waals surface area contributed by atoms with Gasteiger partial charge in [-0.3, -0.25) is 0 Å². The van der Waals surface area contributed by atoms with Gasteiger partial charge in [-0.25, -0.2) is 0 Å². The van der Waals surface area contributed by atoms with Crippen molar-refractivity contribution in [3.63, 3.8) is 0 Å². The zero-order valence-corrected chi connectivity index (χ0v) is 8.23. The third kappa shape index (κ3) is 2.73. The molecular weight excluding hydrogens is 184 g/mol. The van der Waals surface area contributed by atoms with Crippen LogP contribution in [0.3, 0.4) is 0 Å². The molecule has 0 heterocycles. The van der Waals surface area contributed by atoms with Crippen LogP contribution in [-0.2, 0) is 6.54 Å². The first-order valence-corrected chi connectivity index (χ1v) is 4.55. The molecule has 0 aliphatic rings. The topological polar surface area (TPSA) is 35.8 Å². The molecule has 0 bridgehead atoms. The second-order valence-corrected chi connectivity index (χ2v) is 3.11. The fourth-order valence-corrected chi connectivity index (χ4v) is 1.22. The van der Waals surface area contributed by atoms with Gasteiger partial charge < -0.3 is 5.32 Å². The minimum absolute atomic E-state index is 0.650. The Hall–Kier alpha value is -1.04. The van der Waals surface area contributed by atoms with Crippen molar-refractivity contribution in [3.8, 4) is 6.07 Å². The lowest BCUT2D eigenvalue weighted by Gasteiger charge is -2.04. The third-order valence-corrected chi connectivity index (χ3v) is 2.11. The SMILES string of the molecule is CCNCc1cc(C#N)ccc1Cl. The average Bonchev–Trinajstić information content (AvgIpc) is 2.17. The molecular formula is C10H11ClN2. The predicted octanol–water partition coefficient (Wildman–Crippen LogP) is 2.32. The molecule has 0 unspecified atom stereocenters. The van der Waals surface area contributed by atoms with Gasteiger partial charge in [-0.05, 0) is 30.3 Å². The molecule has 13 heavy (non-hydrogen) atoms. The van der Waals surface area contributed by atoms with Gasteiger partial charge >= 0.3 is 0 Å². The Morgan fingerprint density at radius 3 is 2.92 bits per heavy atom. The molecule has 0 spiro atoms. The molecule has 0 saturated carbocycles. The van der Waals surface area contributed by atoms with Crippen LogP contribution in [-0.4, -0.2) is 6.54 Å². The maximum Gasteiger partial charge on any atom is 0.0991 e. The largest absolute Gasteiger partial charge is 0.313 e. The van der Waals surface area contributed by atoms with E-state index in [1.54, 1.807) is 12.1 Å². The molecule has 2 nitrogen and oxygen atoms in total. The maximum atomic E-state index is 8.66. The molecule has 0 amide bonds. The lowest BCUT2D eigenvalue weighted by Crippen LogP contribution is -2.12. The summed E-state index contributed by atoms with van der Waals surface area (Å²) in [5, 5.41) is 12.5. The van der Waals surface area contributed by atoms with Gasteiger partial charge in [0.15, 0.2) is 0 Å². The fraction of sp³-hybridized carbons (Fsp3) is 0.300. The lowest BCUT2D eigenvalue weighted by molar-refractivity contribution is 0.727. The molecule has 0 aromatic heterocycles. The van der Waals surface area contributed by atoms with Gasteiger partial charge in [0.25, 0.3) is 0 Å². The highest BCUT2D eigenvalue weighted by Gasteiger charge is 2.00. The second-order valence-electron chi connectivity index (χ2n) is 2.70. The maximum absolute atomic E-state index is 8.66. The monoisotopic (exact) mass is 194 g/mol. The number of hydrogen-bond donors (Lipinski definition) is 1. The van der Waals surface area contributed by atoms with Gasteiger partial charge in [-0.2, -0.15) is 5.26 Å². The number of rotatable bonds is 3. The van der Waals surface area contributed by atoms with E-state index < -0.39 is 0 Å². The Morgan fingerprint density at radius 2 is 2.31 bits per heavy atom. The van der Waals surface area contributed by atoms with Gasteiger partial charge in [0.1, 0.15) is 0 Å². The van der Waals surface area contributed by atoms with Crippen molar-refractivity contribution in [3.05, 3.63) is 34.3 Å². The molecule has 0 radical (unpaired) electrons. The summed E-state index contributed by atoms with van der Waals surface area (Å²) in [5.74, 6) is 0. The summed E-state index contributed by atoms with van der Waals surface area (Å²) in [6.07, 6.45) is 0. The highest BCUT2D eigenvalue weighted by Crippen LogP contribution is 2.16. The van der Waals surface area contributed by atoms with E-state index >= 15 is 0 Å². The van der Waals surface area contributed by atoms with Crippen LogP contribution in [0.4, 0.5) is 0 Å². The van der Waals surface area contributed by atoms with Crippen LogP contribution in [0, 0.1) is 11.3 Å². The summed E-state index contributed by atoms with van der Waals surface area (Å²) in [6.45, 7) is 3.64. The van der Waals surface area contributed by atoms with E-state index in [0.717, 1.165) is 12.1 Å². The molecule has 1 rings (SSSR count). The quantitative estimate of drug-likeness (QED) is 0.802. The number of hydrogen-bond acceptors (Lipinski definition) is 2. The molecule has 0 aliphatic heterocycles. The summed E-state index contributed by atoms with van der Waals surface area (Å²) in [4.78, 5) is 0. The summed E-state index contributed by atoms with van der Waals surface area (Å²) >= 11 is 5.94. The molecule has 1 aromatic carbocycles. The standard InChI is InChI=1S/C10H11ClN2/c1-2-13-7-9-5-8(6-12)3-4-10(9)11/h3-5,13H,2,7H2,1H3. The lowest BCUT2D eigenvalue weighted by atomic mass is 10.1. The number of nitrogens with one attached hydrogen (secondary N) is 1. The van der Waals surface area contributed by atoms with Crippen LogP contribution in [0.25, 0.3) is 0 Å². The summed E-state index contributed by atoms with van der Waals surface area (Å²) in [7, 11) is 0. The van der Waals surface area contributed by atoms with Crippen molar-refractivity contribution in [2.24, 2.45) is 0 Å². The van der Waals surface area contributed by atoms with Crippen molar-refractivity contribution in [1.29, 1.82) is 5.26 Å². The van der Waals surface area contributed by atoms with E-state index in [9.17, 15) is 0 Å². The van der Waals surface area contributed by atoms with Crippen LogP contribution in [0.1, 0.15) is 18.1 Å². The van der Waals surface area contributed by atoms with Gasteiger partial charge in [0, 0.05) is 11.6 Å². The highest BCUT2D eigenvalue weighted by molar-refractivity contribution is 6.31. The summed E-state index contributed by atoms with van der Waals surface area (Å²) in [5.41, 5.74) is 1.62. The molecule has 1 N–H and O–H groups in total. The normalized spacial score (nSPS) is 9.62. The molecule has 0 aliphatic carbocycles. The van der Waals surface area contributed by atoms with Crippen molar-refractivity contribution >= 4 is 11.6 Å². The first-order chi connectivity index (χ1) is 6.27. The van der Waals surface area contributed by atoms with Crippen LogP contribution < -0.4 is 5.32 Å². The highest BCUT2D eigenvalue weighted by atomic mass is 35.5. The van der Waals surface area contributed by atoms with Crippen LogP contribution in [0.2, 0.25) is 5.02 Å². The molecule has 0 atom stereocenters. The molecule has 1 aromatic rings. The minimum atomic E-state index is 0.650. The van der Waals surface area contributed by atoms with E-state index in [-0.39, 0.29) is 0 Å². The van der Waals surface area contributed by atoms with E-state index in [0.29, 0.717) is 17.1 Å². The Morgan fingerprint density at radius 1 is 1.54 bits per heavy atom. The second kappa shape index (κ2) is 4.86. The van der Waals surface area contributed by atoms with Crippen molar-refractivity contribution in [2.75, 3.05) is 6.54 Å². The van der Waals surface area contributed by atoms with Crippen molar-refractivity contribution < 1.29 is 0 Å². The van der Waals surface area contributed by atoms with Crippen LogP contribution in [0.15, 0.2) is 18.2 Å². The molecule has 0 saturated heterocycles. The van der Waals surface area contributed by atoms with E-state index in [2.05, 4.69) is 11.4 Å². The summed E-state index contributed by atoms with van der Waals surface area (Å²) < 4.78 is 0. The Bertz CT molecular complexity index is 328. The Kier molecular flexibility index (Phi) is 3.75. The Balaban J connectivity index is 2.85. The average molecular weight is 195 g/mol. The number of benzene rings is 1. The zero-order valence-electron chi connectivity index (χ0n) is 7.47. The third-order valence-electron chi connectivity index (χ3n) is 1.74. The van der Waals surface area contributed by atoms with E-state index in [4.69, 9.17) is 16.9 Å². The number of nitriles is 1. The smallest absolute Gasteiger partial charge is 0.0991 e. The van der Waals surface area contributed by atoms with Crippen molar-refractivity contribution in [2.45, 2.75) is 13.5 Å². The fourth-order valence-electron chi connectivity index (χ4n) is 1.04. The van der Waals surface area contributed by atoms with Crippen LogP contribution >= 0.6 is 11.6 Å². The Labute approximate surface area is 83.1 Å². The van der Waals surface area contributed by atoms with Gasteiger partial charge in [0.05, 0.1) is 11.6 Å². The van der Waals surface area contributed by atoms with E-state index in [1.165, 1.54) is 0 Å². The van der Waals surface area contributed by atoms with Crippen molar-refractivity contribution in [1.82, 2.24) is 5.32 Å². The van der Waals surface area contributed by atoms with Gasteiger partial charge in [-0.15, -0.1) is 0 Å². The van der Waals surface area contributed by atoms with Gasteiger partial charge in [-0.1, -0.05) is 18.5 Å². The predicted molar refractivity (Wildman–Crippen MR) is 53.5 cm³/mol. The summed E-state index contributed by atoms with van der Waals surface area (Å²) in [6, 6.07) is 7.37.